The fourth-order valence-electron chi connectivity index (χ4n) is 2.64. The molecule has 112 valence electrons. The number of sulfonamides is 1. The molecule has 1 aromatic heterocycles. The van der Waals surface area contributed by atoms with Crippen molar-refractivity contribution in [2.24, 2.45) is 5.92 Å². The zero-order valence-electron chi connectivity index (χ0n) is 11.8. The van der Waals surface area contributed by atoms with Gasteiger partial charge in [-0.05, 0) is 58.5 Å². The third-order valence-corrected chi connectivity index (χ3v) is 8.05. The van der Waals surface area contributed by atoms with Crippen molar-refractivity contribution in [2.45, 2.75) is 24.5 Å². The van der Waals surface area contributed by atoms with E-state index in [0.29, 0.717) is 16.7 Å². The van der Waals surface area contributed by atoms with Gasteiger partial charge < -0.3 is 0 Å². The van der Waals surface area contributed by atoms with E-state index in [1.54, 1.807) is 10.4 Å². The average molecular weight is 386 g/mol. The number of fused-ring (bicyclic) bond motifs is 1. The lowest BCUT2D eigenvalue weighted by Gasteiger charge is -2.33. The number of rotatable bonds is 2. The van der Waals surface area contributed by atoms with Crippen LogP contribution in [0.3, 0.4) is 0 Å². The predicted octanol–water partition coefficient (Wildman–Crippen LogP) is 4.21. The van der Waals surface area contributed by atoms with Crippen LogP contribution in [0.4, 0.5) is 5.69 Å². The van der Waals surface area contributed by atoms with Crippen LogP contribution in [0.1, 0.15) is 18.1 Å². The van der Waals surface area contributed by atoms with Crippen LogP contribution in [0, 0.1) is 12.8 Å². The second kappa shape index (κ2) is 5.41. The van der Waals surface area contributed by atoms with Gasteiger partial charge in [0.2, 0.25) is 0 Å². The molecular weight excluding hydrogens is 370 g/mol. The minimum absolute atomic E-state index is 0.319. The summed E-state index contributed by atoms with van der Waals surface area (Å²) in [6.07, 6.45) is 0.926. The lowest BCUT2D eigenvalue weighted by Crippen LogP contribution is -2.38. The van der Waals surface area contributed by atoms with E-state index in [-0.39, 0.29) is 0 Å². The van der Waals surface area contributed by atoms with E-state index in [2.05, 4.69) is 22.9 Å². The molecule has 0 amide bonds. The van der Waals surface area contributed by atoms with Crippen molar-refractivity contribution in [3.05, 3.63) is 45.2 Å². The monoisotopic (exact) mass is 385 g/mol. The molecule has 2 aromatic rings. The maximum atomic E-state index is 13.0. The summed E-state index contributed by atoms with van der Waals surface area (Å²) >= 11 is 4.69. The van der Waals surface area contributed by atoms with Crippen molar-refractivity contribution >= 4 is 43.0 Å². The second-order valence-corrected chi connectivity index (χ2v) is 9.96. The fraction of sp³-hybridized carbons (Fsp3) is 0.333. The maximum Gasteiger partial charge on any atom is 0.273 e. The molecule has 3 nitrogen and oxygen atoms in total. The van der Waals surface area contributed by atoms with E-state index in [4.69, 9.17) is 0 Å². The van der Waals surface area contributed by atoms with Crippen LogP contribution in [-0.4, -0.2) is 15.0 Å². The second-order valence-electron chi connectivity index (χ2n) is 5.50. The van der Waals surface area contributed by atoms with Gasteiger partial charge in [-0.25, -0.2) is 8.42 Å². The van der Waals surface area contributed by atoms with E-state index in [9.17, 15) is 8.42 Å². The van der Waals surface area contributed by atoms with Crippen LogP contribution in [0.5, 0.6) is 0 Å². The summed E-state index contributed by atoms with van der Waals surface area (Å²) in [4.78, 5) is 0. The molecule has 1 atom stereocenters. The Morgan fingerprint density at radius 2 is 2.05 bits per heavy atom. The van der Waals surface area contributed by atoms with Crippen LogP contribution < -0.4 is 4.31 Å². The Hall–Kier alpha value is -0.850. The number of para-hydroxylation sites is 1. The number of nitrogens with zero attached hydrogens (tertiary/aromatic N) is 1. The van der Waals surface area contributed by atoms with Gasteiger partial charge in [0.05, 0.1) is 9.47 Å². The molecule has 0 radical (unpaired) electrons. The molecule has 2 heterocycles. The molecule has 1 aliphatic heterocycles. The lowest BCUT2D eigenvalue weighted by atomic mass is 9.96. The molecule has 1 unspecified atom stereocenters. The third-order valence-electron chi connectivity index (χ3n) is 3.69. The normalized spacial score (nSPS) is 18.6. The van der Waals surface area contributed by atoms with Gasteiger partial charge >= 0.3 is 0 Å². The Labute approximate surface area is 137 Å². The van der Waals surface area contributed by atoms with E-state index < -0.39 is 10.0 Å². The van der Waals surface area contributed by atoms with E-state index in [1.165, 1.54) is 11.3 Å². The average Bonchev–Trinajstić information content (AvgIpc) is 2.78. The summed E-state index contributed by atoms with van der Waals surface area (Å²) in [6, 6.07) is 9.52. The van der Waals surface area contributed by atoms with Gasteiger partial charge in [-0.3, -0.25) is 4.31 Å². The first kappa shape index (κ1) is 15.1. The summed E-state index contributed by atoms with van der Waals surface area (Å²) in [6.45, 7) is 4.54. The summed E-state index contributed by atoms with van der Waals surface area (Å²) in [5.74, 6) is 0.319. The number of anilines is 1. The fourth-order valence-corrected chi connectivity index (χ4v) is 6.61. The van der Waals surface area contributed by atoms with E-state index in [1.807, 2.05) is 31.2 Å². The third kappa shape index (κ3) is 2.64. The van der Waals surface area contributed by atoms with Crippen LogP contribution in [0.2, 0.25) is 0 Å². The Kier molecular flexibility index (Phi) is 3.88. The first-order chi connectivity index (χ1) is 9.89. The topological polar surface area (TPSA) is 37.4 Å². The van der Waals surface area contributed by atoms with E-state index in [0.717, 1.165) is 27.0 Å². The molecule has 1 aliphatic rings. The van der Waals surface area contributed by atoms with Crippen LogP contribution in [-0.2, 0) is 16.4 Å². The first-order valence-electron chi connectivity index (χ1n) is 6.76. The quantitative estimate of drug-likeness (QED) is 0.776. The van der Waals surface area contributed by atoms with Crippen molar-refractivity contribution < 1.29 is 8.42 Å². The SMILES string of the molecule is Cc1cc(S(=O)(=O)N2CC(C)Cc3ccccc32)sc1Br. The van der Waals surface area contributed by atoms with Crippen molar-refractivity contribution in [1.82, 2.24) is 0 Å². The molecule has 0 fully saturated rings. The summed E-state index contributed by atoms with van der Waals surface area (Å²) < 4.78 is 28.8. The van der Waals surface area contributed by atoms with Gasteiger partial charge in [0.1, 0.15) is 4.21 Å². The molecule has 0 bridgehead atoms. The van der Waals surface area contributed by atoms with E-state index >= 15 is 0 Å². The van der Waals surface area contributed by atoms with Gasteiger partial charge in [0.15, 0.2) is 0 Å². The van der Waals surface area contributed by atoms with Gasteiger partial charge in [-0.2, -0.15) is 0 Å². The van der Waals surface area contributed by atoms with Crippen molar-refractivity contribution in [1.29, 1.82) is 0 Å². The number of benzene rings is 1. The Bertz CT molecular complexity index is 763. The number of aryl methyl sites for hydroxylation is 1. The largest absolute Gasteiger partial charge is 0.273 e. The van der Waals surface area contributed by atoms with Gasteiger partial charge in [-0.1, -0.05) is 25.1 Å². The Balaban J connectivity index is 2.11. The lowest BCUT2D eigenvalue weighted by molar-refractivity contribution is 0.546. The van der Waals surface area contributed by atoms with Crippen molar-refractivity contribution in [2.75, 3.05) is 10.8 Å². The highest BCUT2D eigenvalue weighted by Gasteiger charge is 2.32. The molecule has 0 saturated carbocycles. The number of halogens is 1. The summed E-state index contributed by atoms with van der Waals surface area (Å²) in [5, 5.41) is 0. The number of hydrogen-bond donors (Lipinski definition) is 0. The molecule has 1 aromatic carbocycles. The van der Waals surface area contributed by atoms with Gasteiger partial charge in [-0.15, -0.1) is 11.3 Å². The first-order valence-corrected chi connectivity index (χ1v) is 9.81. The van der Waals surface area contributed by atoms with Gasteiger partial charge in [0.25, 0.3) is 10.0 Å². The molecule has 3 rings (SSSR count). The van der Waals surface area contributed by atoms with Crippen molar-refractivity contribution in [3.63, 3.8) is 0 Å². The minimum atomic E-state index is -3.49. The number of hydrogen-bond acceptors (Lipinski definition) is 3. The van der Waals surface area contributed by atoms with Crippen molar-refractivity contribution in [3.8, 4) is 0 Å². The zero-order chi connectivity index (χ0) is 15.2. The predicted molar refractivity (Wildman–Crippen MR) is 90.6 cm³/mol. The summed E-state index contributed by atoms with van der Waals surface area (Å²) in [5.41, 5.74) is 2.88. The minimum Gasteiger partial charge on any atom is -0.265 e. The standard InChI is InChI=1S/C15H16BrNO2S2/c1-10-7-12-5-3-4-6-13(12)17(9-10)21(18,19)14-8-11(2)15(16)20-14/h3-6,8,10H,7,9H2,1-2H3. The molecule has 0 aliphatic carbocycles. The molecule has 6 heteroatoms. The molecule has 0 N–H and O–H groups in total. The highest BCUT2D eigenvalue weighted by Crippen LogP contribution is 2.37. The van der Waals surface area contributed by atoms with Gasteiger partial charge in [0, 0.05) is 6.54 Å². The van der Waals surface area contributed by atoms with Crippen LogP contribution in [0.15, 0.2) is 38.3 Å². The Morgan fingerprint density at radius 1 is 1.33 bits per heavy atom. The smallest absolute Gasteiger partial charge is 0.265 e. The van der Waals surface area contributed by atoms with Crippen LogP contribution >= 0.6 is 27.3 Å². The highest BCUT2D eigenvalue weighted by atomic mass is 79.9. The molecule has 0 spiro atoms. The maximum absolute atomic E-state index is 13.0. The molecule has 21 heavy (non-hydrogen) atoms. The summed E-state index contributed by atoms with van der Waals surface area (Å²) in [7, 11) is -3.49. The Morgan fingerprint density at radius 3 is 2.71 bits per heavy atom. The zero-order valence-corrected chi connectivity index (χ0v) is 15.1. The molecule has 0 saturated heterocycles. The molecular formula is C15H16BrNO2S2. The number of thiophene rings is 1. The van der Waals surface area contributed by atoms with Crippen LogP contribution in [0.25, 0.3) is 0 Å². The highest BCUT2D eigenvalue weighted by molar-refractivity contribution is 9.11.